The summed E-state index contributed by atoms with van der Waals surface area (Å²) in [5.74, 6) is -1.63. The number of carboxylic acid groups (broad SMARTS) is 1. The van der Waals surface area contributed by atoms with Gasteiger partial charge in [0.15, 0.2) is 5.78 Å². The molecule has 5 heteroatoms. The summed E-state index contributed by atoms with van der Waals surface area (Å²) in [6.45, 7) is 5.47. The van der Waals surface area contributed by atoms with Gasteiger partial charge in [0, 0.05) is 17.2 Å². The molecule has 2 aromatic rings. The molecule has 0 heterocycles. The highest BCUT2D eigenvalue weighted by atomic mass is 19.1. The summed E-state index contributed by atoms with van der Waals surface area (Å²) in [7, 11) is 0. The van der Waals surface area contributed by atoms with Gasteiger partial charge in [0.05, 0.1) is 12.1 Å². The molecule has 0 unspecified atom stereocenters. The van der Waals surface area contributed by atoms with Crippen LogP contribution in [0.3, 0.4) is 0 Å². The lowest BCUT2D eigenvalue weighted by Crippen LogP contribution is -2.19. The maximum atomic E-state index is 14.2. The third-order valence-corrected chi connectivity index (χ3v) is 3.73. The minimum atomic E-state index is -1.11. The summed E-state index contributed by atoms with van der Waals surface area (Å²) in [5.41, 5.74) is 2.06. The number of Topliss-reactive ketones (excluding diaryl/α,β-unsaturated/α-hetero) is 1. The second kappa shape index (κ2) is 7.25. The number of anilines is 1. The number of benzene rings is 2. The molecule has 0 aliphatic heterocycles. The van der Waals surface area contributed by atoms with E-state index in [1.54, 1.807) is 39.0 Å². The zero-order valence-corrected chi connectivity index (χ0v) is 13.9. The van der Waals surface area contributed by atoms with Gasteiger partial charge in [-0.25, -0.2) is 9.18 Å². The molecule has 0 bridgehead atoms. The van der Waals surface area contributed by atoms with E-state index in [9.17, 15) is 19.1 Å². The molecule has 0 aliphatic carbocycles. The molecule has 126 valence electrons. The standard InChI is InChI=1S/C19H20FNO3/c1-11(2)18(22)10-21-15-8-13(7-14(9-15)19(23)24)16-5-4-12(3)6-17(16)20/h4-9,11,21H,10H2,1-3H3,(H,23,24). The van der Waals surface area contributed by atoms with Gasteiger partial charge in [-0.15, -0.1) is 0 Å². The van der Waals surface area contributed by atoms with Gasteiger partial charge in [0.1, 0.15) is 5.82 Å². The number of carbonyl (C=O) groups is 2. The van der Waals surface area contributed by atoms with Crippen molar-refractivity contribution in [2.24, 2.45) is 5.92 Å². The fourth-order valence-corrected chi connectivity index (χ4v) is 2.26. The zero-order valence-electron chi connectivity index (χ0n) is 13.9. The predicted octanol–water partition coefficient (Wildman–Crippen LogP) is 4.14. The Hall–Kier alpha value is -2.69. The van der Waals surface area contributed by atoms with Gasteiger partial charge in [-0.1, -0.05) is 26.0 Å². The number of aromatic carboxylic acids is 1. The first-order valence-corrected chi connectivity index (χ1v) is 7.69. The van der Waals surface area contributed by atoms with Crippen LogP contribution in [-0.2, 0) is 4.79 Å². The van der Waals surface area contributed by atoms with Gasteiger partial charge in [-0.3, -0.25) is 4.79 Å². The van der Waals surface area contributed by atoms with Crippen molar-refractivity contribution in [3.63, 3.8) is 0 Å². The third kappa shape index (κ3) is 4.19. The van der Waals surface area contributed by atoms with Gasteiger partial charge in [-0.2, -0.15) is 0 Å². The Labute approximate surface area is 140 Å². The van der Waals surface area contributed by atoms with Crippen molar-refractivity contribution in [2.75, 3.05) is 11.9 Å². The maximum absolute atomic E-state index is 14.2. The fraction of sp³-hybridized carbons (Fsp3) is 0.263. The van der Waals surface area contributed by atoms with Crippen LogP contribution in [0.1, 0.15) is 29.8 Å². The van der Waals surface area contributed by atoms with E-state index >= 15 is 0 Å². The molecule has 0 aliphatic rings. The van der Waals surface area contributed by atoms with Crippen molar-refractivity contribution in [1.29, 1.82) is 0 Å². The molecule has 4 nitrogen and oxygen atoms in total. The molecule has 0 aromatic heterocycles. The second-order valence-corrected chi connectivity index (χ2v) is 6.06. The lowest BCUT2D eigenvalue weighted by molar-refractivity contribution is -0.120. The van der Waals surface area contributed by atoms with Crippen molar-refractivity contribution in [3.8, 4) is 11.1 Å². The van der Waals surface area contributed by atoms with E-state index in [0.717, 1.165) is 5.56 Å². The van der Waals surface area contributed by atoms with Crippen LogP contribution in [0, 0.1) is 18.7 Å². The molecule has 0 amide bonds. The SMILES string of the molecule is Cc1ccc(-c2cc(NCC(=O)C(C)C)cc(C(=O)O)c2)c(F)c1. The van der Waals surface area contributed by atoms with Crippen molar-refractivity contribution < 1.29 is 19.1 Å². The monoisotopic (exact) mass is 329 g/mol. The average Bonchev–Trinajstić information content (AvgIpc) is 2.52. The predicted molar refractivity (Wildman–Crippen MR) is 91.9 cm³/mol. The Morgan fingerprint density at radius 1 is 1.17 bits per heavy atom. The van der Waals surface area contributed by atoms with E-state index < -0.39 is 11.8 Å². The fourth-order valence-electron chi connectivity index (χ4n) is 2.26. The quantitative estimate of drug-likeness (QED) is 0.836. The van der Waals surface area contributed by atoms with E-state index in [-0.39, 0.29) is 23.8 Å². The van der Waals surface area contributed by atoms with Crippen LogP contribution in [0.25, 0.3) is 11.1 Å². The molecule has 2 N–H and O–H groups in total. The normalized spacial score (nSPS) is 10.7. The zero-order chi connectivity index (χ0) is 17.9. The number of rotatable bonds is 6. The highest BCUT2D eigenvalue weighted by Gasteiger charge is 2.13. The first kappa shape index (κ1) is 17.7. The van der Waals surface area contributed by atoms with Crippen LogP contribution in [0.2, 0.25) is 0 Å². The van der Waals surface area contributed by atoms with Crippen LogP contribution in [0.15, 0.2) is 36.4 Å². The van der Waals surface area contributed by atoms with Crippen LogP contribution in [-0.4, -0.2) is 23.4 Å². The smallest absolute Gasteiger partial charge is 0.335 e. The number of carboxylic acids is 1. The number of halogens is 1. The molecule has 0 radical (unpaired) electrons. The summed E-state index contributed by atoms with van der Waals surface area (Å²) in [4.78, 5) is 23.1. The molecule has 0 saturated carbocycles. The maximum Gasteiger partial charge on any atom is 0.335 e. The Morgan fingerprint density at radius 2 is 1.88 bits per heavy atom. The largest absolute Gasteiger partial charge is 0.478 e. The van der Waals surface area contributed by atoms with Crippen molar-refractivity contribution in [2.45, 2.75) is 20.8 Å². The minimum Gasteiger partial charge on any atom is -0.478 e. The molecule has 0 spiro atoms. The van der Waals surface area contributed by atoms with Gasteiger partial charge in [0.25, 0.3) is 0 Å². The molecular formula is C19H20FNO3. The highest BCUT2D eigenvalue weighted by molar-refractivity contribution is 5.92. The molecule has 24 heavy (non-hydrogen) atoms. The summed E-state index contributed by atoms with van der Waals surface area (Å²) in [5, 5.41) is 12.2. The van der Waals surface area contributed by atoms with Crippen LogP contribution in [0.5, 0.6) is 0 Å². The number of ketones is 1. The summed E-state index contributed by atoms with van der Waals surface area (Å²) in [6, 6.07) is 9.29. The molecule has 0 saturated heterocycles. The van der Waals surface area contributed by atoms with E-state index in [2.05, 4.69) is 5.32 Å². The average molecular weight is 329 g/mol. The van der Waals surface area contributed by atoms with Crippen molar-refractivity contribution in [3.05, 3.63) is 53.3 Å². The lowest BCUT2D eigenvalue weighted by Gasteiger charge is -2.12. The Balaban J connectivity index is 2.41. The molecule has 2 aromatic carbocycles. The van der Waals surface area contributed by atoms with Crippen molar-refractivity contribution >= 4 is 17.4 Å². The first-order chi connectivity index (χ1) is 11.3. The Bertz CT molecular complexity index is 784. The minimum absolute atomic E-state index is 0.0128. The number of aryl methyl sites for hydroxylation is 1. The molecule has 2 rings (SSSR count). The number of hydrogen-bond donors (Lipinski definition) is 2. The van der Waals surface area contributed by atoms with Crippen LogP contribution in [0.4, 0.5) is 10.1 Å². The van der Waals surface area contributed by atoms with Gasteiger partial charge in [-0.05, 0) is 42.3 Å². The second-order valence-electron chi connectivity index (χ2n) is 6.06. The third-order valence-electron chi connectivity index (χ3n) is 3.73. The van der Waals surface area contributed by atoms with Crippen LogP contribution < -0.4 is 5.32 Å². The van der Waals surface area contributed by atoms with E-state index in [1.807, 2.05) is 0 Å². The van der Waals surface area contributed by atoms with Crippen LogP contribution >= 0.6 is 0 Å². The topological polar surface area (TPSA) is 66.4 Å². The summed E-state index contributed by atoms with van der Waals surface area (Å²) >= 11 is 0. The first-order valence-electron chi connectivity index (χ1n) is 7.69. The highest BCUT2D eigenvalue weighted by Crippen LogP contribution is 2.28. The van der Waals surface area contributed by atoms with Gasteiger partial charge >= 0.3 is 5.97 Å². The van der Waals surface area contributed by atoms with Gasteiger partial charge in [0.2, 0.25) is 0 Å². The van der Waals surface area contributed by atoms with E-state index in [1.165, 1.54) is 18.2 Å². The number of nitrogens with one attached hydrogen (secondary N) is 1. The Kier molecular flexibility index (Phi) is 5.34. The lowest BCUT2D eigenvalue weighted by atomic mass is 10.00. The Morgan fingerprint density at radius 3 is 2.46 bits per heavy atom. The summed E-state index contributed by atoms with van der Waals surface area (Å²) < 4.78 is 14.2. The van der Waals surface area contributed by atoms with Gasteiger partial charge < -0.3 is 10.4 Å². The summed E-state index contributed by atoms with van der Waals surface area (Å²) in [6.07, 6.45) is 0. The van der Waals surface area contributed by atoms with E-state index in [0.29, 0.717) is 16.8 Å². The molecular weight excluding hydrogens is 309 g/mol. The van der Waals surface area contributed by atoms with E-state index in [4.69, 9.17) is 0 Å². The number of carbonyl (C=O) groups excluding carboxylic acids is 1. The number of hydrogen-bond acceptors (Lipinski definition) is 3. The molecule has 0 fully saturated rings. The van der Waals surface area contributed by atoms with Crippen molar-refractivity contribution in [1.82, 2.24) is 0 Å². The molecule has 0 atom stereocenters.